The Morgan fingerprint density at radius 2 is 2.35 bits per heavy atom. The first kappa shape index (κ1) is 16.9. The number of hydrogen-bond acceptors (Lipinski definition) is 5. The monoisotopic (exact) mass is 299 g/mol. The van der Waals surface area contributed by atoms with Gasteiger partial charge >= 0.3 is 0 Å². The highest BCUT2D eigenvalue weighted by atomic mass is 32.1. The molecule has 0 spiro atoms. The van der Waals surface area contributed by atoms with Crippen molar-refractivity contribution < 1.29 is 4.74 Å². The zero-order chi connectivity index (χ0) is 14.8. The van der Waals surface area contributed by atoms with Crippen molar-refractivity contribution in [1.82, 2.24) is 15.7 Å². The van der Waals surface area contributed by atoms with Crippen LogP contribution < -0.4 is 16.6 Å². The first-order valence-corrected chi connectivity index (χ1v) is 7.82. The summed E-state index contributed by atoms with van der Waals surface area (Å²) in [5.41, 5.74) is 2.59. The van der Waals surface area contributed by atoms with Crippen LogP contribution in [-0.4, -0.2) is 30.7 Å². The number of hydrazine groups is 1. The van der Waals surface area contributed by atoms with Gasteiger partial charge < -0.3 is 10.1 Å². The van der Waals surface area contributed by atoms with Crippen LogP contribution in [0.1, 0.15) is 43.1 Å². The van der Waals surface area contributed by atoms with E-state index in [0.717, 1.165) is 31.1 Å². The fourth-order valence-electron chi connectivity index (χ4n) is 1.59. The second-order valence-corrected chi connectivity index (χ2v) is 5.46. The molecule has 0 saturated carbocycles. The van der Waals surface area contributed by atoms with E-state index >= 15 is 0 Å². The van der Waals surface area contributed by atoms with Gasteiger partial charge in [-0.25, -0.2) is 10.8 Å². The van der Waals surface area contributed by atoms with Crippen molar-refractivity contribution in [2.45, 2.75) is 39.7 Å². The summed E-state index contributed by atoms with van der Waals surface area (Å²) in [4.78, 5) is 10.1. The van der Waals surface area contributed by atoms with Crippen LogP contribution in [0.25, 0.3) is 0 Å². The summed E-state index contributed by atoms with van der Waals surface area (Å²) < 4.78 is 5.26. The van der Waals surface area contributed by atoms with Crippen molar-refractivity contribution in [1.29, 1.82) is 0 Å². The molecule has 1 atom stereocenters. The van der Waals surface area contributed by atoms with E-state index < -0.39 is 0 Å². The fraction of sp³-hybridized carbons (Fsp3) is 0.692. The standard InChI is InChI=1S/C13H25N5OS/c1-4-11-9-16-12(20-11)10(3)17-13(18-14)15-7-6-8-19-5-2/h9-10H,4-8,14H2,1-3H3,(H2,15,17,18). The van der Waals surface area contributed by atoms with Gasteiger partial charge in [0.1, 0.15) is 5.01 Å². The predicted molar refractivity (Wildman–Crippen MR) is 83.8 cm³/mol. The summed E-state index contributed by atoms with van der Waals surface area (Å²) in [6.07, 6.45) is 3.82. The molecule has 1 heterocycles. The van der Waals surface area contributed by atoms with Crippen LogP contribution in [0.2, 0.25) is 0 Å². The van der Waals surface area contributed by atoms with Crippen LogP contribution in [0, 0.1) is 0 Å². The number of ether oxygens (including phenoxy) is 1. The van der Waals surface area contributed by atoms with Crippen molar-refractivity contribution in [3.05, 3.63) is 16.1 Å². The summed E-state index contributed by atoms with van der Waals surface area (Å²) in [5, 5.41) is 4.27. The minimum Gasteiger partial charge on any atom is -0.382 e. The van der Waals surface area contributed by atoms with Crippen LogP contribution in [0.15, 0.2) is 11.2 Å². The molecule has 0 amide bonds. The Hall–Kier alpha value is -1.18. The average Bonchev–Trinajstić information content (AvgIpc) is 2.94. The maximum absolute atomic E-state index is 5.48. The number of nitrogens with two attached hydrogens (primary N) is 1. The van der Waals surface area contributed by atoms with Crippen molar-refractivity contribution in [2.24, 2.45) is 10.8 Å². The van der Waals surface area contributed by atoms with Crippen molar-refractivity contribution in [3.63, 3.8) is 0 Å². The Bertz CT molecular complexity index is 407. The smallest absolute Gasteiger partial charge is 0.206 e. The summed E-state index contributed by atoms with van der Waals surface area (Å²) in [6, 6.07) is 0.0852. The van der Waals surface area contributed by atoms with Gasteiger partial charge in [-0.15, -0.1) is 11.3 Å². The van der Waals surface area contributed by atoms with E-state index in [1.165, 1.54) is 4.88 Å². The van der Waals surface area contributed by atoms with Crippen LogP contribution >= 0.6 is 11.3 Å². The van der Waals surface area contributed by atoms with Gasteiger partial charge in [0, 0.05) is 30.8 Å². The number of aromatic nitrogens is 1. The molecule has 0 fully saturated rings. The van der Waals surface area contributed by atoms with Gasteiger partial charge in [0.15, 0.2) is 0 Å². The van der Waals surface area contributed by atoms with E-state index in [9.17, 15) is 0 Å². The van der Waals surface area contributed by atoms with Gasteiger partial charge in [0.05, 0.1) is 6.04 Å². The molecule has 6 nitrogen and oxygen atoms in total. The quantitative estimate of drug-likeness (QED) is 0.223. The van der Waals surface area contributed by atoms with Crippen LogP contribution in [0.5, 0.6) is 0 Å². The van der Waals surface area contributed by atoms with Gasteiger partial charge in [-0.1, -0.05) is 6.92 Å². The number of hydrogen-bond donors (Lipinski definition) is 3. The second-order valence-electron chi connectivity index (χ2n) is 4.31. The van der Waals surface area contributed by atoms with Gasteiger partial charge in [-0.3, -0.25) is 10.4 Å². The highest BCUT2D eigenvalue weighted by molar-refractivity contribution is 7.11. The Balaban J connectivity index is 2.43. The normalized spacial score (nSPS) is 13.3. The first-order valence-electron chi connectivity index (χ1n) is 7.01. The van der Waals surface area contributed by atoms with E-state index in [2.05, 4.69) is 27.6 Å². The Kier molecular flexibility index (Phi) is 8.17. The molecule has 4 N–H and O–H groups in total. The zero-order valence-corrected chi connectivity index (χ0v) is 13.3. The number of aliphatic imine (C=N–C) groups is 1. The van der Waals surface area contributed by atoms with Crippen LogP contribution in [-0.2, 0) is 11.2 Å². The Labute approximate surface area is 124 Å². The van der Waals surface area contributed by atoms with Gasteiger partial charge in [-0.05, 0) is 26.7 Å². The molecule has 1 unspecified atom stereocenters. The maximum atomic E-state index is 5.48. The average molecular weight is 299 g/mol. The Morgan fingerprint density at radius 1 is 1.55 bits per heavy atom. The number of aryl methyl sites for hydroxylation is 1. The molecular weight excluding hydrogens is 274 g/mol. The zero-order valence-electron chi connectivity index (χ0n) is 12.5. The molecule has 114 valence electrons. The molecule has 7 heteroatoms. The fourth-order valence-corrected chi connectivity index (χ4v) is 2.45. The highest BCUT2D eigenvalue weighted by Gasteiger charge is 2.11. The summed E-state index contributed by atoms with van der Waals surface area (Å²) in [7, 11) is 0. The van der Waals surface area contributed by atoms with Gasteiger partial charge in [0.2, 0.25) is 5.96 Å². The van der Waals surface area contributed by atoms with Crippen molar-refractivity contribution >= 4 is 17.3 Å². The van der Waals surface area contributed by atoms with E-state index in [1.54, 1.807) is 11.3 Å². The summed E-state index contributed by atoms with van der Waals surface area (Å²) in [6.45, 7) is 8.30. The highest BCUT2D eigenvalue weighted by Crippen LogP contribution is 2.19. The predicted octanol–water partition coefficient (Wildman–Crippen LogP) is 1.60. The molecule has 1 aromatic rings. The Morgan fingerprint density at radius 3 is 2.95 bits per heavy atom. The minimum absolute atomic E-state index is 0.0852. The maximum Gasteiger partial charge on any atom is 0.206 e. The lowest BCUT2D eigenvalue weighted by Gasteiger charge is -2.14. The molecule has 0 radical (unpaired) electrons. The SMILES string of the molecule is CCOCCCN=C(NN)NC(C)c1ncc(CC)s1. The summed E-state index contributed by atoms with van der Waals surface area (Å²) >= 11 is 1.71. The largest absolute Gasteiger partial charge is 0.382 e. The third-order valence-corrected chi connectivity index (χ3v) is 4.03. The third-order valence-electron chi connectivity index (χ3n) is 2.70. The van der Waals surface area contributed by atoms with Crippen molar-refractivity contribution in [3.8, 4) is 0 Å². The third kappa shape index (κ3) is 5.85. The lowest BCUT2D eigenvalue weighted by Crippen LogP contribution is -2.42. The molecule has 0 saturated heterocycles. The summed E-state index contributed by atoms with van der Waals surface area (Å²) in [5.74, 6) is 6.07. The molecule has 20 heavy (non-hydrogen) atoms. The lowest BCUT2D eigenvalue weighted by molar-refractivity contribution is 0.146. The van der Waals surface area contributed by atoms with E-state index in [4.69, 9.17) is 10.6 Å². The van der Waals surface area contributed by atoms with E-state index in [-0.39, 0.29) is 6.04 Å². The van der Waals surface area contributed by atoms with E-state index in [0.29, 0.717) is 12.5 Å². The number of guanidine groups is 1. The second kappa shape index (κ2) is 9.68. The number of nitrogens with one attached hydrogen (secondary N) is 2. The molecule has 1 aromatic heterocycles. The number of rotatable bonds is 8. The first-order chi connectivity index (χ1) is 9.71. The molecule has 0 bridgehead atoms. The van der Waals surface area contributed by atoms with E-state index in [1.807, 2.05) is 20.0 Å². The van der Waals surface area contributed by atoms with Gasteiger partial charge in [-0.2, -0.15) is 0 Å². The number of thiazole rings is 1. The molecule has 0 aliphatic carbocycles. The topological polar surface area (TPSA) is 84.6 Å². The molecule has 1 rings (SSSR count). The molecular formula is C13H25N5OS. The molecule has 0 aliphatic rings. The van der Waals surface area contributed by atoms with Crippen LogP contribution in [0.3, 0.4) is 0 Å². The van der Waals surface area contributed by atoms with Crippen LogP contribution in [0.4, 0.5) is 0 Å². The number of nitrogens with zero attached hydrogens (tertiary/aromatic N) is 2. The minimum atomic E-state index is 0.0852. The van der Waals surface area contributed by atoms with Gasteiger partial charge in [0.25, 0.3) is 0 Å². The molecule has 0 aromatic carbocycles. The van der Waals surface area contributed by atoms with Crippen molar-refractivity contribution in [2.75, 3.05) is 19.8 Å². The molecule has 0 aliphatic heterocycles. The lowest BCUT2D eigenvalue weighted by atomic mass is 10.3.